The van der Waals surface area contributed by atoms with Crippen molar-refractivity contribution in [1.82, 2.24) is 5.32 Å². The smallest absolute Gasteiger partial charge is 0.135 e. The molecule has 0 radical (unpaired) electrons. The number of benzene rings is 2. The summed E-state index contributed by atoms with van der Waals surface area (Å²) < 4.78 is 13.3. The van der Waals surface area contributed by atoms with Crippen LogP contribution in [0.2, 0.25) is 0 Å². The molecular weight excluding hydrogens is 469 g/mol. The summed E-state index contributed by atoms with van der Waals surface area (Å²) >= 11 is 7.03. The average molecular weight is 488 g/mol. The van der Waals surface area contributed by atoms with E-state index in [0.29, 0.717) is 6.54 Å². The van der Waals surface area contributed by atoms with Crippen molar-refractivity contribution in [3.63, 3.8) is 0 Å². The minimum absolute atomic E-state index is 0. The van der Waals surface area contributed by atoms with Crippen molar-refractivity contribution in [2.24, 2.45) is 0 Å². The van der Waals surface area contributed by atoms with E-state index in [4.69, 9.17) is 9.15 Å². The van der Waals surface area contributed by atoms with Gasteiger partial charge in [-0.1, -0.05) is 34.1 Å². The topological polar surface area (TPSA) is 34.4 Å². The molecule has 0 fully saturated rings. The summed E-state index contributed by atoms with van der Waals surface area (Å²) in [4.78, 5) is 0. The Kier molecular flexibility index (Phi) is 7.56. The summed E-state index contributed by atoms with van der Waals surface area (Å²) in [5.74, 6) is 2.64. The Morgan fingerprint density at radius 2 is 1.80 bits per heavy atom. The van der Waals surface area contributed by atoms with Gasteiger partial charge in [-0.15, -0.1) is 12.4 Å². The molecule has 6 heteroatoms. The molecule has 0 spiro atoms. The van der Waals surface area contributed by atoms with Crippen molar-refractivity contribution >= 4 is 44.3 Å². The zero-order chi connectivity index (χ0) is 16.9. The molecule has 0 saturated heterocycles. The number of para-hydroxylation sites is 1. The van der Waals surface area contributed by atoms with E-state index in [9.17, 15) is 0 Å². The molecule has 1 aromatic heterocycles. The summed E-state index contributed by atoms with van der Waals surface area (Å²) in [6.45, 7) is 1.38. The van der Waals surface area contributed by atoms with Gasteiger partial charge in [0.15, 0.2) is 0 Å². The maximum atomic E-state index is 5.95. The lowest BCUT2D eigenvalue weighted by molar-refractivity contribution is 0.406. The van der Waals surface area contributed by atoms with E-state index in [-0.39, 0.29) is 12.4 Å². The highest BCUT2D eigenvalue weighted by Gasteiger charge is 2.09. The van der Waals surface area contributed by atoms with Gasteiger partial charge < -0.3 is 14.5 Å². The predicted octanol–water partition coefficient (Wildman–Crippen LogP) is 6.19. The molecule has 0 amide bonds. The van der Waals surface area contributed by atoms with E-state index >= 15 is 0 Å². The second-order valence-electron chi connectivity index (χ2n) is 5.31. The van der Waals surface area contributed by atoms with Gasteiger partial charge in [-0.25, -0.2) is 0 Å². The third-order valence-corrected chi connectivity index (χ3v) is 4.81. The first kappa shape index (κ1) is 20.0. The van der Waals surface area contributed by atoms with Crippen LogP contribution in [-0.4, -0.2) is 7.11 Å². The summed E-state index contributed by atoms with van der Waals surface area (Å²) in [6.07, 6.45) is 0. The Morgan fingerprint density at radius 1 is 1.00 bits per heavy atom. The molecule has 3 aromatic rings. The molecule has 3 nitrogen and oxygen atoms in total. The largest absolute Gasteiger partial charge is 0.496 e. The molecule has 0 unspecified atom stereocenters. The Labute approximate surface area is 170 Å². The third kappa shape index (κ3) is 5.11. The number of halogens is 3. The summed E-state index contributed by atoms with van der Waals surface area (Å²) in [5, 5.41) is 3.39. The van der Waals surface area contributed by atoms with E-state index < -0.39 is 0 Å². The molecule has 25 heavy (non-hydrogen) atoms. The lowest BCUT2D eigenvalue weighted by atomic mass is 10.2. The monoisotopic (exact) mass is 485 g/mol. The normalized spacial score (nSPS) is 10.4. The summed E-state index contributed by atoms with van der Waals surface area (Å²) in [7, 11) is 1.69. The Bertz CT molecular complexity index is 836. The molecule has 3 rings (SSSR count). The molecule has 0 saturated carbocycles. The fourth-order valence-electron chi connectivity index (χ4n) is 2.48. The number of hydrogen-bond acceptors (Lipinski definition) is 3. The number of ether oxygens (including phenoxy) is 1. The summed E-state index contributed by atoms with van der Waals surface area (Å²) in [6, 6.07) is 18.0. The predicted molar refractivity (Wildman–Crippen MR) is 110 cm³/mol. The number of furan rings is 1. The van der Waals surface area contributed by atoms with Crippen LogP contribution in [0.1, 0.15) is 11.3 Å². The van der Waals surface area contributed by atoms with Gasteiger partial charge in [-0.05, 0) is 52.3 Å². The van der Waals surface area contributed by atoms with Gasteiger partial charge >= 0.3 is 0 Å². The van der Waals surface area contributed by atoms with Crippen LogP contribution in [0.5, 0.6) is 5.75 Å². The highest BCUT2D eigenvalue weighted by atomic mass is 79.9. The molecule has 0 atom stereocenters. The average Bonchev–Trinajstić information content (AvgIpc) is 3.04. The van der Waals surface area contributed by atoms with E-state index in [1.165, 1.54) is 0 Å². The fourth-order valence-corrected chi connectivity index (χ4v) is 3.72. The van der Waals surface area contributed by atoms with Crippen LogP contribution in [0.4, 0.5) is 0 Å². The lowest BCUT2D eigenvalue weighted by Crippen LogP contribution is -2.12. The molecule has 1 heterocycles. The molecule has 2 aromatic carbocycles. The second-order valence-corrected chi connectivity index (χ2v) is 7.08. The van der Waals surface area contributed by atoms with Gasteiger partial charge in [-0.2, -0.15) is 0 Å². The zero-order valence-electron chi connectivity index (χ0n) is 13.6. The Hall–Kier alpha value is -1.27. The van der Waals surface area contributed by atoms with Crippen LogP contribution in [0.25, 0.3) is 11.3 Å². The number of rotatable bonds is 6. The van der Waals surface area contributed by atoms with Crippen molar-refractivity contribution in [2.45, 2.75) is 13.1 Å². The van der Waals surface area contributed by atoms with Crippen molar-refractivity contribution in [1.29, 1.82) is 0 Å². The molecule has 132 valence electrons. The van der Waals surface area contributed by atoms with Gasteiger partial charge in [0.05, 0.1) is 13.7 Å². The number of hydrogen-bond donors (Lipinski definition) is 1. The van der Waals surface area contributed by atoms with Gasteiger partial charge in [0, 0.05) is 26.6 Å². The van der Waals surface area contributed by atoms with Crippen molar-refractivity contribution in [3.05, 3.63) is 74.9 Å². The van der Waals surface area contributed by atoms with Gasteiger partial charge in [-0.3, -0.25) is 0 Å². The first-order valence-corrected chi connectivity index (χ1v) is 9.12. The first-order chi connectivity index (χ1) is 11.7. The molecule has 0 aliphatic heterocycles. The zero-order valence-corrected chi connectivity index (χ0v) is 17.6. The Morgan fingerprint density at radius 3 is 2.56 bits per heavy atom. The minimum Gasteiger partial charge on any atom is -0.496 e. The van der Waals surface area contributed by atoms with Crippen molar-refractivity contribution in [3.8, 4) is 17.1 Å². The molecule has 0 bridgehead atoms. The summed E-state index contributed by atoms with van der Waals surface area (Å²) in [5.41, 5.74) is 2.16. The molecule has 1 N–H and O–H groups in total. The number of nitrogens with one attached hydrogen (secondary N) is 1. The lowest BCUT2D eigenvalue weighted by Gasteiger charge is -2.08. The van der Waals surface area contributed by atoms with Gasteiger partial charge in [0.1, 0.15) is 17.3 Å². The third-order valence-electron chi connectivity index (χ3n) is 3.67. The highest BCUT2D eigenvalue weighted by Crippen LogP contribution is 2.32. The van der Waals surface area contributed by atoms with Crippen molar-refractivity contribution in [2.75, 3.05) is 7.11 Å². The maximum absolute atomic E-state index is 5.95. The van der Waals surface area contributed by atoms with E-state index in [2.05, 4.69) is 43.2 Å². The van der Waals surface area contributed by atoms with E-state index in [1.807, 2.05) is 48.5 Å². The SMILES string of the molecule is COc1ccccc1CNCc1ccc(-c2ccc(Br)cc2Br)o1.Cl. The fraction of sp³-hybridized carbons (Fsp3) is 0.158. The van der Waals surface area contributed by atoms with Crippen LogP contribution >= 0.6 is 44.3 Å². The van der Waals surface area contributed by atoms with E-state index in [0.717, 1.165) is 43.9 Å². The van der Waals surface area contributed by atoms with Gasteiger partial charge in [0.25, 0.3) is 0 Å². The van der Waals surface area contributed by atoms with Crippen LogP contribution in [0.3, 0.4) is 0 Å². The first-order valence-electron chi connectivity index (χ1n) is 7.54. The standard InChI is InChI=1S/C19H17Br2NO2.ClH/c1-23-18-5-3-2-4-13(18)11-22-12-15-7-9-19(24-15)16-8-6-14(20)10-17(16)21;/h2-10,22H,11-12H2,1H3;1H. The van der Waals surface area contributed by atoms with Crippen LogP contribution in [0, 0.1) is 0 Å². The maximum Gasteiger partial charge on any atom is 0.135 e. The Balaban J connectivity index is 0.00000225. The molecular formula is C19H18Br2ClNO2. The van der Waals surface area contributed by atoms with Gasteiger partial charge in [0.2, 0.25) is 0 Å². The quantitative estimate of drug-likeness (QED) is 0.450. The van der Waals surface area contributed by atoms with Crippen LogP contribution < -0.4 is 10.1 Å². The van der Waals surface area contributed by atoms with Crippen LogP contribution in [0.15, 0.2) is 68.0 Å². The minimum atomic E-state index is 0. The van der Waals surface area contributed by atoms with Crippen molar-refractivity contribution < 1.29 is 9.15 Å². The molecule has 0 aliphatic carbocycles. The number of methoxy groups -OCH3 is 1. The molecule has 0 aliphatic rings. The van der Waals surface area contributed by atoms with E-state index in [1.54, 1.807) is 7.11 Å². The second kappa shape index (κ2) is 9.43. The van der Waals surface area contributed by atoms with Crippen LogP contribution in [-0.2, 0) is 13.1 Å². The highest BCUT2D eigenvalue weighted by molar-refractivity contribution is 9.11.